The van der Waals surface area contributed by atoms with Gasteiger partial charge in [-0.3, -0.25) is 0 Å². The van der Waals surface area contributed by atoms with Crippen LogP contribution in [0.5, 0.6) is 0 Å². The quantitative estimate of drug-likeness (QED) is 0.618. The Hall–Kier alpha value is -1.74. The molecular formula is C10H7ClF2N2O2. The van der Waals surface area contributed by atoms with Gasteiger partial charge in [0.2, 0.25) is 0 Å². The molecule has 1 heterocycles. The predicted molar refractivity (Wildman–Crippen MR) is 54.8 cm³/mol. The summed E-state index contributed by atoms with van der Waals surface area (Å²) in [5, 5.41) is 8.80. The highest BCUT2D eigenvalue weighted by Crippen LogP contribution is 2.23. The number of alkyl halides is 3. The Morgan fingerprint density at radius 2 is 2.35 bits per heavy atom. The third-order valence-electron chi connectivity index (χ3n) is 2.00. The molecule has 0 aromatic carbocycles. The summed E-state index contributed by atoms with van der Waals surface area (Å²) in [7, 11) is 1.09. The van der Waals surface area contributed by atoms with Crippen LogP contribution >= 0.6 is 11.6 Å². The molecule has 1 rings (SSSR count). The molecule has 1 aromatic rings. The average molecular weight is 261 g/mol. The van der Waals surface area contributed by atoms with E-state index in [1.807, 2.05) is 0 Å². The second-order valence-corrected chi connectivity index (χ2v) is 3.23. The molecule has 4 nitrogen and oxygen atoms in total. The van der Waals surface area contributed by atoms with Crippen LogP contribution in [0.15, 0.2) is 6.07 Å². The lowest BCUT2D eigenvalue weighted by molar-refractivity contribution is 0.0591. The molecule has 0 N–H and O–H groups in total. The van der Waals surface area contributed by atoms with Gasteiger partial charge in [0, 0.05) is 5.56 Å². The first-order valence-electron chi connectivity index (χ1n) is 4.41. The predicted octanol–water partition coefficient (Wildman–Crippen LogP) is 2.42. The maximum Gasteiger partial charge on any atom is 0.357 e. The summed E-state index contributed by atoms with van der Waals surface area (Å²) in [6.07, 6.45) is -2.88. The van der Waals surface area contributed by atoms with Crippen molar-refractivity contribution in [3.05, 3.63) is 28.6 Å². The number of hydrogen-bond acceptors (Lipinski definition) is 4. The number of nitrogens with zero attached hydrogens (tertiary/aromatic N) is 2. The molecule has 0 atom stereocenters. The number of esters is 1. The van der Waals surface area contributed by atoms with E-state index in [2.05, 4.69) is 9.72 Å². The van der Waals surface area contributed by atoms with Gasteiger partial charge in [-0.15, -0.1) is 11.6 Å². The van der Waals surface area contributed by atoms with E-state index in [1.54, 1.807) is 6.07 Å². The molecule has 0 unspecified atom stereocenters. The van der Waals surface area contributed by atoms with Gasteiger partial charge in [-0.25, -0.2) is 18.6 Å². The number of hydrogen-bond donors (Lipinski definition) is 0. The van der Waals surface area contributed by atoms with Crippen molar-refractivity contribution in [3.63, 3.8) is 0 Å². The first-order valence-corrected chi connectivity index (χ1v) is 4.95. The highest BCUT2D eigenvalue weighted by molar-refractivity contribution is 6.17. The van der Waals surface area contributed by atoms with Crippen molar-refractivity contribution in [1.29, 1.82) is 5.26 Å². The van der Waals surface area contributed by atoms with Crippen LogP contribution in [0.2, 0.25) is 0 Å². The number of aromatic nitrogens is 1. The maximum atomic E-state index is 12.5. The van der Waals surface area contributed by atoms with Crippen molar-refractivity contribution < 1.29 is 18.3 Å². The smallest absolute Gasteiger partial charge is 0.357 e. The zero-order valence-corrected chi connectivity index (χ0v) is 9.46. The van der Waals surface area contributed by atoms with Gasteiger partial charge in [0.1, 0.15) is 5.69 Å². The Balaban J connectivity index is 3.49. The van der Waals surface area contributed by atoms with Crippen LogP contribution in [-0.2, 0) is 10.6 Å². The summed E-state index contributed by atoms with van der Waals surface area (Å²) in [6.45, 7) is 0. The normalized spacial score (nSPS) is 10.1. The van der Waals surface area contributed by atoms with E-state index in [1.165, 1.54) is 0 Å². The first-order chi connectivity index (χ1) is 8.04. The third kappa shape index (κ3) is 2.68. The number of rotatable bonds is 3. The number of carbonyl (C=O) groups excluding carboxylic acids is 1. The van der Waals surface area contributed by atoms with E-state index in [0.29, 0.717) is 0 Å². The Morgan fingerprint density at radius 3 is 2.76 bits per heavy atom. The Morgan fingerprint density at radius 1 is 1.71 bits per heavy atom. The van der Waals surface area contributed by atoms with Crippen LogP contribution < -0.4 is 0 Å². The second kappa shape index (κ2) is 5.55. The fourth-order valence-corrected chi connectivity index (χ4v) is 1.47. The number of nitriles is 1. The fourth-order valence-electron chi connectivity index (χ4n) is 1.20. The van der Waals surface area contributed by atoms with Crippen LogP contribution in [0, 0.1) is 11.3 Å². The van der Waals surface area contributed by atoms with E-state index < -0.39 is 18.1 Å². The zero-order chi connectivity index (χ0) is 13.0. The molecule has 1 aromatic heterocycles. The lowest BCUT2D eigenvalue weighted by Gasteiger charge is -2.08. The molecule has 0 aliphatic heterocycles. The lowest BCUT2D eigenvalue weighted by Crippen LogP contribution is -2.12. The Kier molecular flexibility index (Phi) is 4.35. The van der Waals surface area contributed by atoms with Crippen molar-refractivity contribution in [2.24, 2.45) is 0 Å². The van der Waals surface area contributed by atoms with Crippen LogP contribution in [0.25, 0.3) is 0 Å². The molecule has 7 heteroatoms. The molecule has 0 saturated heterocycles. The van der Waals surface area contributed by atoms with Gasteiger partial charge in [-0.05, 0) is 6.07 Å². The van der Waals surface area contributed by atoms with E-state index in [9.17, 15) is 13.6 Å². The van der Waals surface area contributed by atoms with Crippen LogP contribution in [0.4, 0.5) is 8.78 Å². The second-order valence-electron chi connectivity index (χ2n) is 2.96. The topological polar surface area (TPSA) is 63.0 Å². The first kappa shape index (κ1) is 13.3. The standard InChI is InChI=1S/C10H7ClF2N2O2/c1-17-10(16)8-6(3-11)5(4-14)2-7(15-8)9(12)13/h2,9H,3H2,1H3. The number of carbonyl (C=O) groups is 1. The molecule has 0 aliphatic rings. The third-order valence-corrected chi connectivity index (χ3v) is 2.27. The van der Waals surface area contributed by atoms with Crippen molar-refractivity contribution in [2.45, 2.75) is 12.3 Å². The van der Waals surface area contributed by atoms with Gasteiger partial charge in [0.25, 0.3) is 6.43 Å². The van der Waals surface area contributed by atoms with Crippen LogP contribution in [0.3, 0.4) is 0 Å². The maximum absolute atomic E-state index is 12.5. The molecule has 0 fully saturated rings. The van der Waals surface area contributed by atoms with Crippen molar-refractivity contribution in [3.8, 4) is 6.07 Å². The number of pyridine rings is 1. The van der Waals surface area contributed by atoms with E-state index in [4.69, 9.17) is 16.9 Å². The minimum atomic E-state index is -2.88. The summed E-state index contributed by atoms with van der Waals surface area (Å²) in [5.74, 6) is -1.09. The Bertz CT molecular complexity index is 486. The monoisotopic (exact) mass is 260 g/mol. The largest absolute Gasteiger partial charge is 0.464 e. The average Bonchev–Trinajstić information content (AvgIpc) is 2.35. The summed E-state index contributed by atoms with van der Waals surface area (Å²) >= 11 is 5.56. The SMILES string of the molecule is COC(=O)c1nc(C(F)F)cc(C#N)c1CCl. The van der Waals surface area contributed by atoms with Gasteiger partial charge >= 0.3 is 5.97 Å². The van der Waals surface area contributed by atoms with E-state index in [0.717, 1.165) is 13.2 Å². The Labute approximate surface area is 101 Å². The van der Waals surface area contributed by atoms with Crippen molar-refractivity contribution in [1.82, 2.24) is 4.98 Å². The number of halogens is 3. The summed E-state index contributed by atoms with van der Waals surface area (Å²) in [5.41, 5.74) is -1.02. The van der Waals surface area contributed by atoms with Gasteiger partial charge < -0.3 is 4.74 Å². The minimum absolute atomic E-state index is 0.0883. The van der Waals surface area contributed by atoms with Gasteiger partial charge in [-0.2, -0.15) is 5.26 Å². The molecule has 17 heavy (non-hydrogen) atoms. The summed E-state index contributed by atoms with van der Waals surface area (Å²) in [4.78, 5) is 14.8. The molecule has 90 valence electrons. The molecular weight excluding hydrogens is 254 g/mol. The molecule has 0 saturated carbocycles. The fraction of sp³-hybridized carbons (Fsp3) is 0.300. The molecule has 0 radical (unpaired) electrons. The van der Waals surface area contributed by atoms with Gasteiger partial charge in [-0.1, -0.05) is 0 Å². The molecule has 0 bridgehead atoms. The molecule has 0 amide bonds. The summed E-state index contributed by atoms with van der Waals surface area (Å²) < 4.78 is 29.4. The van der Waals surface area contributed by atoms with Crippen molar-refractivity contribution >= 4 is 17.6 Å². The van der Waals surface area contributed by atoms with Gasteiger partial charge in [0.15, 0.2) is 5.69 Å². The zero-order valence-electron chi connectivity index (χ0n) is 8.71. The van der Waals surface area contributed by atoms with Crippen molar-refractivity contribution in [2.75, 3.05) is 7.11 Å². The highest BCUT2D eigenvalue weighted by atomic mass is 35.5. The molecule has 0 spiro atoms. The lowest BCUT2D eigenvalue weighted by atomic mass is 10.1. The summed E-state index contributed by atoms with van der Waals surface area (Å²) in [6, 6.07) is 2.61. The van der Waals surface area contributed by atoms with Crippen LogP contribution in [0.1, 0.15) is 33.7 Å². The highest BCUT2D eigenvalue weighted by Gasteiger charge is 2.21. The minimum Gasteiger partial charge on any atom is -0.464 e. The number of methoxy groups -OCH3 is 1. The van der Waals surface area contributed by atoms with E-state index in [-0.39, 0.29) is 22.7 Å². The van der Waals surface area contributed by atoms with Gasteiger partial charge in [0.05, 0.1) is 24.6 Å². The molecule has 0 aliphatic carbocycles. The van der Waals surface area contributed by atoms with Crippen LogP contribution in [-0.4, -0.2) is 18.1 Å². The number of ether oxygens (including phenoxy) is 1. The van der Waals surface area contributed by atoms with E-state index >= 15 is 0 Å².